The van der Waals surface area contributed by atoms with Crippen LogP contribution in [-0.4, -0.2) is 43.2 Å². The first-order valence-corrected chi connectivity index (χ1v) is 11.2. The second-order valence-corrected chi connectivity index (χ2v) is 8.25. The van der Waals surface area contributed by atoms with E-state index in [1.165, 1.54) is 0 Å². The van der Waals surface area contributed by atoms with E-state index in [0.29, 0.717) is 24.3 Å². The van der Waals surface area contributed by atoms with Crippen molar-refractivity contribution in [1.29, 1.82) is 0 Å². The Balaban J connectivity index is 1.91. The van der Waals surface area contributed by atoms with Crippen LogP contribution in [0.4, 0.5) is 5.69 Å². The van der Waals surface area contributed by atoms with E-state index >= 15 is 0 Å². The number of nitrogens with one attached hydrogen (secondary N) is 1. The quantitative estimate of drug-likeness (QED) is 0.333. The van der Waals surface area contributed by atoms with Crippen LogP contribution >= 0.6 is 0 Å². The molecular formula is C28H32N2O3. The smallest absolute Gasteiger partial charge is 0.256 e. The first-order chi connectivity index (χ1) is 15.9. The van der Waals surface area contributed by atoms with Crippen LogP contribution in [0.1, 0.15) is 30.0 Å². The predicted octanol–water partition coefficient (Wildman–Crippen LogP) is 5.60. The number of hydrogen-bond donors (Lipinski definition) is 2. The van der Waals surface area contributed by atoms with Gasteiger partial charge >= 0.3 is 0 Å². The molecule has 0 heterocycles. The summed E-state index contributed by atoms with van der Waals surface area (Å²) in [5.41, 5.74) is 5.14. The maximum absolute atomic E-state index is 13.5. The number of phenols is 1. The summed E-state index contributed by atoms with van der Waals surface area (Å²) in [4.78, 5) is 15.6. The van der Waals surface area contributed by atoms with Crippen molar-refractivity contribution in [2.75, 3.05) is 32.6 Å². The molecule has 33 heavy (non-hydrogen) atoms. The minimum absolute atomic E-state index is 0.164. The van der Waals surface area contributed by atoms with Gasteiger partial charge in [-0.2, -0.15) is 0 Å². The van der Waals surface area contributed by atoms with E-state index in [1.807, 2.05) is 70.4 Å². The molecule has 5 heteroatoms. The number of phenolic OH excluding ortho intramolecular Hbond substituents is 1. The van der Waals surface area contributed by atoms with E-state index in [-0.39, 0.29) is 11.7 Å². The molecule has 0 radical (unpaired) electrons. The highest BCUT2D eigenvalue weighted by Crippen LogP contribution is 2.31. The highest BCUT2D eigenvalue weighted by molar-refractivity contribution is 6.31. The number of allylic oxidation sites excluding steroid dienone is 1. The molecule has 3 aromatic rings. The molecule has 0 fully saturated rings. The maximum Gasteiger partial charge on any atom is 0.256 e. The van der Waals surface area contributed by atoms with Crippen molar-refractivity contribution in [3.05, 3.63) is 89.5 Å². The second kappa shape index (κ2) is 11.3. The SMILES string of the molecule is CCC(=C(C(=O)Nc1ccc(OCCN(C)C)cc1)c1ccc(O)cc1)c1cccc(C)c1. The molecule has 0 aromatic heterocycles. The highest BCUT2D eigenvalue weighted by Gasteiger charge is 2.19. The zero-order valence-electron chi connectivity index (χ0n) is 19.8. The lowest BCUT2D eigenvalue weighted by atomic mass is 9.91. The minimum Gasteiger partial charge on any atom is -0.508 e. The van der Waals surface area contributed by atoms with Crippen LogP contribution in [0.2, 0.25) is 0 Å². The van der Waals surface area contributed by atoms with Gasteiger partial charge in [-0.15, -0.1) is 0 Å². The van der Waals surface area contributed by atoms with Crippen LogP contribution in [0, 0.1) is 6.92 Å². The summed E-state index contributed by atoms with van der Waals surface area (Å²) in [6.07, 6.45) is 0.686. The van der Waals surface area contributed by atoms with Gasteiger partial charge in [-0.1, -0.05) is 48.9 Å². The summed E-state index contributed by atoms with van der Waals surface area (Å²) < 4.78 is 5.74. The van der Waals surface area contributed by atoms with Crippen LogP contribution in [0.25, 0.3) is 11.1 Å². The molecule has 0 atom stereocenters. The molecule has 172 valence electrons. The molecule has 0 spiro atoms. The van der Waals surface area contributed by atoms with Gasteiger partial charge in [0.2, 0.25) is 0 Å². The Morgan fingerprint density at radius 1 is 0.970 bits per heavy atom. The number of amides is 1. The van der Waals surface area contributed by atoms with Crippen molar-refractivity contribution in [2.45, 2.75) is 20.3 Å². The number of benzene rings is 3. The van der Waals surface area contributed by atoms with E-state index in [2.05, 4.69) is 16.3 Å². The summed E-state index contributed by atoms with van der Waals surface area (Å²) in [6, 6.07) is 22.3. The predicted molar refractivity (Wildman–Crippen MR) is 136 cm³/mol. The topological polar surface area (TPSA) is 61.8 Å². The molecule has 3 aromatic carbocycles. The third-order valence-electron chi connectivity index (χ3n) is 5.32. The Hall–Kier alpha value is -3.57. The number of carbonyl (C=O) groups is 1. The molecular weight excluding hydrogens is 412 g/mol. The molecule has 0 aliphatic heterocycles. The van der Waals surface area contributed by atoms with Gasteiger partial charge in [0.25, 0.3) is 5.91 Å². The largest absolute Gasteiger partial charge is 0.508 e. The number of aromatic hydroxyl groups is 1. The van der Waals surface area contributed by atoms with E-state index in [9.17, 15) is 9.90 Å². The number of likely N-dealkylation sites (N-methyl/N-ethyl adjacent to an activating group) is 1. The van der Waals surface area contributed by atoms with Crippen LogP contribution in [-0.2, 0) is 4.79 Å². The Labute approximate surface area is 196 Å². The zero-order chi connectivity index (χ0) is 23.8. The van der Waals surface area contributed by atoms with Crippen molar-refractivity contribution in [1.82, 2.24) is 4.90 Å². The number of hydrogen-bond acceptors (Lipinski definition) is 4. The van der Waals surface area contributed by atoms with Gasteiger partial charge in [-0.05, 0) is 80.5 Å². The van der Waals surface area contributed by atoms with Crippen LogP contribution in [0.3, 0.4) is 0 Å². The minimum atomic E-state index is -0.194. The van der Waals surface area contributed by atoms with E-state index < -0.39 is 0 Å². The number of nitrogens with zero attached hydrogens (tertiary/aromatic N) is 1. The van der Waals surface area contributed by atoms with E-state index in [1.54, 1.807) is 24.3 Å². The maximum atomic E-state index is 13.5. The third-order valence-corrected chi connectivity index (χ3v) is 5.32. The number of aryl methyl sites for hydroxylation is 1. The summed E-state index contributed by atoms with van der Waals surface area (Å²) >= 11 is 0. The Morgan fingerprint density at radius 3 is 2.27 bits per heavy atom. The average Bonchev–Trinajstić information content (AvgIpc) is 2.79. The van der Waals surface area contributed by atoms with Gasteiger partial charge in [0.05, 0.1) is 5.57 Å². The Morgan fingerprint density at radius 2 is 1.67 bits per heavy atom. The normalized spacial score (nSPS) is 11.8. The van der Waals surface area contributed by atoms with Crippen LogP contribution < -0.4 is 10.1 Å². The molecule has 0 aliphatic carbocycles. The van der Waals surface area contributed by atoms with Gasteiger partial charge in [0.1, 0.15) is 18.1 Å². The monoisotopic (exact) mass is 444 g/mol. The fraction of sp³-hybridized carbons (Fsp3) is 0.250. The van der Waals surface area contributed by atoms with Gasteiger partial charge in [0.15, 0.2) is 0 Å². The molecule has 0 aliphatic rings. The van der Waals surface area contributed by atoms with Crippen molar-refractivity contribution >= 4 is 22.7 Å². The van der Waals surface area contributed by atoms with Gasteiger partial charge < -0.3 is 20.1 Å². The van der Waals surface area contributed by atoms with E-state index in [0.717, 1.165) is 34.6 Å². The molecule has 0 unspecified atom stereocenters. The number of carbonyl (C=O) groups excluding carboxylic acids is 1. The number of ether oxygens (including phenoxy) is 1. The molecule has 0 saturated carbocycles. The van der Waals surface area contributed by atoms with Gasteiger partial charge in [-0.25, -0.2) is 0 Å². The number of rotatable bonds is 9. The zero-order valence-corrected chi connectivity index (χ0v) is 19.8. The lowest BCUT2D eigenvalue weighted by Crippen LogP contribution is -2.19. The van der Waals surface area contributed by atoms with Gasteiger partial charge in [0, 0.05) is 12.2 Å². The Kier molecular flexibility index (Phi) is 8.28. The fourth-order valence-electron chi connectivity index (χ4n) is 3.60. The van der Waals surface area contributed by atoms with Gasteiger partial charge in [-0.3, -0.25) is 4.79 Å². The molecule has 3 rings (SSSR count). The molecule has 0 saturated heterocycles. The molecule has 0 bridgehead atoms. The number of anilines is 1. The highest BCUT2D eigenvalue weighted by atomic mass is 16.5. The first-order valence-electron chi connectivity index (χ1n) is 11.2. The Bertz CT molecular complexity index is 1100. The fourth-order valence-corrected chi connectivity index (χ4v) is 3.60. The van der Waals surface area contributed by atoms with Crippen LogP contribution in [0.5, 0.6) is 11.5 Å². The summed E-state index contributed by atoms with van der Waals surface area (Å²) in [5.74, 6) is 0.732. The van der Waals surface area contributed by atoms with E-state index in [4.69, 9.17) is 4.74 Å². The first kappa shape index (κ1) is 24.1. The van der Waals surface area contributed by atoms with Crippen molar-refractivity contribution in [3.8, 4) is 11.5 Å². The van der Waals surface area contributed by atoms with Crippen molar-refractivity contribution in [2.24, 2.45) is 0 Å². The van der Waals surface area contributed by atoms with Crippen molar-refractivity contribution in [3.63, 3.8) is 0 Å². The molecule has 1 amide bonds. The summed E-state index contributed by atoms with van der Waals surface area (Å²) in [6.45, 7) is 5.52. The lowest BCUT2D eigenvalue weighted by Gasteiger charge is -2.16. The standard InChI is InChI=1S/C28H32N2O3/c1-5-26(22-8-6-7-20(2)19-22)27(21-9-13-24(31)14-10-21)28(32)29-23-11-15-25(16-12-23)33-18-17-30(3)4/h6-16,19,31H,5,17-18H2,1-4H3,(H,29,32). The summed E-state index contributed by atoms with van der Waals surface area (Å²) in [7, 11) is 4.00. The summed E-state index contributed by atoms with van der Waals surface area (Å²) in [5, 5.41) is 12.8. The lowest BCUT2D eigenvalue weighted by molar-refractivity contribution is -0.111. The third kappa shape index (κ3) is 6.70. The molecule has 5 nitrogen and oxygen atoms in total. The molecule has 2 N–H and O–H groups in total. The second-order valence-electron chi connectivity index (χ2n) is 8.25. The average molecular weight is 445 g/mol. The van der Waals surface area contributed by atoms with Crippen molar-refractivity contribution < 1.29 is 14.6 Å². The van der Waals surface area contributed by atoms with Crippen LogP contribution in [0.15, 0.2) is 72.8 Å².